The van der Waals surface area contributed by atoms with Crippen molar-refractivity contribution in [1.29, 1.82) is 0 Å². The van der Waals surface area contributed by atoms with Crippen LogP contribution in [0.4, 0.5) is 0 Å². The van der Waals surface area contributed by atoms with Gasteiger partial charge in [-0.15, -0.1) is 0 Å². The number of hydrogen-bond donors (Lipinski definition) is 0. The molecule has 30 heavy (non-hydrogen) atoms. The van der Waals surface area contributed by atoms with Crippen LogP contribution in [0, 0.1) is 0 Å². The first-order valence-corrected chi connectivity index (χ1v) is 9.38. The van der Waals surface area contributed by atoms with E-state index in [-0.39, 0.29) is 18.5 Å². The molecule has 0 amide bonds. The fraction of sp³-hybridized carbons (Fsp3) is 0.208. The highest BCUT2D eigenvalue weighted by molar-refractivity contribution is 6.05. The van der Waals surface area contributed by atoms with Gasteiger partial charge < -0.3 is 14.2 Å². The normalized spacial score (nSPS) is 11.6. The predicted octanol–water partition coefficient (Wildman–Crippen LogP) is 4.59. The summed E-state index contributed by atoms with van der Waals surface area (Å²) in [7, 11) is 0. The maximum absolute atomic E-state index is 11.2. The number of benzene rings is 2. The summed E-state index contributed by atoms with van der Waals surface area (Å²) in [5, 5.41) is 0. The highest BCUT2D eigenvalue weighted by Crippen LogP contribution is 2.33. The molecule has 6 heteroatoms. The maximum Gasteiger partial charge on any atom is 0.308 e. The molecule has 0 aliphatic heterocycles. The molecule has 2 aromatic rings. The zero-order chi connectivity index (χ0) is 22.1. The van der Waals surface area contributed by atoms with Crippen LogP contribution >= 0.6 is 0 Å². The van der Waals surface area contributed by atoms with Gasteiger partial charge in [0.05, 0.1) is 0 Å². The number of allylic oxidation sites excluding steroid dienone is 3. The predicted molar refractivity (Wildman–Crippen MR) is 114 cm³/mol. The van der Waals surface area contributed by atoms with E-state index < -0.39 is 5.97 Å². The molecule has 0 fully saturated rings. The number of ether oxygens (including phenoxy) is 3. The highest BCUT2D eigenvalue weighted by Gasteiger charge is 2.12. The molecule has 0 bridgehead atoms. The van der Waals surface area contributed by atoms with Crippen LogP contribution in [0.3, 0.4) is 0 Å². The molecule has 0 atom stereocenters. The summed E-state index contributed by atoms with van der Waals surface area (Å²) in [5.74, 6) is -0.251. The summed E-state index contributed by atoms with van der Waals surface area (Å²) in [6.45, 7) is 6.06. The summed E-state index contributed by atoms with van der Waals surface area (Å²) in [6.07, 6.45) is 3.76. The third kappa shape index (κ3) is 6.74. The Kier molecular flexibility index (Phi) is 8.11. The quantitative estimate of drug-likeness (QED) is 0.379. The Balaban J connectivity index is 2.40. The Morgan fingerprint density at radius 1 is 0.700 bits per heavy atom. The second-order valence-corrected chi connectivity index (χ2v) is 6.36. The van der Waals surface area contributed by atoms with E-state index in [1.165, 1.54) is 20.8 Å². The van der Waals surface area contributed by atoms with Crippen molar-refractivity contribution >= 4 is 29.1 Å². The van der Waals surface area contributed by atoms with Crippen LogP contribution in [0.15, 0.2) is 60.7 Å². The minimum Gasteiger partial charge on any atom is -0.462 e. The average Bonchev–Trinajstić information content (AvgIpc) is 2.68. The van der Waals surface area contributed by atoms with Crippen LogP contribution in [0.2, 0.25) is 0 Å². The van der Waals surface area contributed by atoms with Crippen LogP contribution in [-0.4, -0.2) is 24.5 Å². The Bertz CT molecular complexity index is 966. The molecule has 0 saturated heterocycles. The summed E-state index contributed by atoms with van der Waals surface area (Å²) in [5.41, 5.74) is 3.49. The van der Waals surface area contributed by atoms with Crippen molar-refractivity contribution in [2.24, 2.45) is 0 Å². The lowest BCUT2D eigenvalue weighted by molar-refractivity contribution is -0.139. The molecule has 0 aliphatic carbocycles. The van der Waals surface area contributed by atoms with Gasteiger partial charge in [-0.05, 0) is 59.5 Å². The molecule has 0 saturated carbocycles. The largest absolute Gasteiger partial charge is 0.462 e. The van der Waals surface area contributed by atoms with Crippen molar-refractivity contribution < 1.29 is 28.6 Å². The van der Waals surface area contributed by atoms with Gasteiger partial charge in [0.25, 0.3) is 0 Å². The Labute approximate surface area is 175 Å². The minimum atomic E-state index is -0.393. The lowest BCUT2D eigenvalue weighted by atomic mass is 9.91. The fourth-order valence-electron chi connectivity index (χ4n) is 2.84. The van der Waals surface area contributed by atoms with Gasteiger partial charge in [0.15, 0.2) is 0 Å². The van der Waals surface area contributed by atoms with E-state index in [1.807, 2.05) is 43.3 Å². The van der Waals surface area contributed by atoms with Crippen molar-refractivity contribution in [3.8, 4) is 11.5 Å². The molecule has 6 nitrogen and oxygen atoms in total. The summed E-state index contributed by atoms with van der Waals surface area (Å²) in [6, 6.07) is 14.2. The third-order valence-corrected chi connectivity index (χ3v) is 4.01. The summed E-state index contributed by atoms with van der Waals surface area (Å²) < 4.78 is 15.3. The van der Waals surface area contributed by atoms with Crippen molar-refractivity contribution in [2.45, 2.75) is 27.7 Å². The van der Waals surface area contributed by atoms with Crippen molar-refractivity contribution in [3.63, 3.8) is 0 Å². The van der Waals surface area contributed by atoms with Crippen LogP contribution in [0.1, 0.15) is 38.8 Å². The van der Waals surface area contributed by atoms with E-state index in [2.05, 4.69) is 0 Å². The van der Waals surface area contributed by atoms with Crippen LogP contribution in [0.5, 0.6) is 11.5 Å². The first-order valence-electron chi connectivity index (χ1n) is 9.38. The van der Waals surface area contributed by atoms with Gasteiger partial charge in [0, 0.05) is 20.8 Å². The van der Waals surface area contributed by atoms with Crippen molar-refractivity contribution in [3.05, 3.63) is 71.8 Å². The van der Waals surface area contributed by atoms with E-state index in [0.717, 1.165) is 22.3 Å². The zero-order valence-corrected chi connectivity index (χ0v) is 17.4. The summed E-state index contributed by atoms with van der Waals surface area (Å²) in [4.78, 5) is 33.5. The van der Waals surface area contributed by atoms with Crippen LogP contribution < -0.4 is 9.47 Å². The zero-order valence-electron chi connectivity index (χ0n) is 17.4. The molecule has 0 aromatic heterocycles. The maximum atomic E-state index is 11.2. The number of carbonyl (C=O) groups is 3. The first kappa shape index (κ1) is 22.6. The van der Waals surface area contributed by atoms with E-state index in [1.54, 1.807) is 24.3 Å². The smallest absolute Gasteiger partial charge is 0.308 e. The first-order chi connectivity index (χ1) is 14.3. The van der Waals surface area contributed by atoms with Gasteiger partial charge in [-0.3, -0.25) is 14.4 Å². The van der Waals surface area contributed by atoms with Gasteiger partial charge in [0.1, 0.15) is 18.1 Å². The molecule has 2 rings (SSSR count). The number of hydrogen-bond acceptors (Lipinski definition) is 6. The van der Waals surface area contributed by atoms with E-state index >= 15 is 0 Å². The van der Waals surface area contributed by atoms with Gasteiger partial charge in [0.2, 0.25) is 0 Å². The fourth-order valence-corrected chi connectivity index (χ4v) is 2.84. The molecule has 2 aromatic carbocycles. The molecule has 156 valence electrons. The second-order valence-electron chi connectivity index (χ2n) is 6.36. The average molecular weight is 408 g/mol. The molecule has 0 N–H and O–H groups in total. The SMILES string of the molecule is C/C=C(/C(=C/COC(C)=O)c1ccc(OC(C)=O)cc1)c1ccc(OC(C)=O)cc1. The molecule has 0 heterocycles. The van der Waals surface area contributed by atoms with Gasteiger partial charge in [-0.1, -0.05) is 30.3 Å². The third-order valence-electron chi connectivity index (χ3n) is 4.01. The highest BCUT2D eigenvalue weighted by atomic mass is 16.5. The Morgan fingerprint density at radius 2 is 1.13 bits per heavy atom. The topological polar surface area (TPSA) is 78.9 Å². The number of carbonyl (C=O) groups excluding carboxylic acids is 3. The summed E-state index contributed by atoms with van der Waals surface area (Å²) >= 11 is 0. The van der Waals surface area contributed by atoms with Crippen molar-refractivity contribution in [1.82, 2.24) is 0 Å². The van der Waals surface area contributed by atoms with Gasteiger partial charge in [-0.25, -0.2) is 0 Å². The number of esters is 3. The van der Waals surface area contributed by atoms with Gasteiger partial charge >= 0.3 is 17.9 Å². The number of rotatable bonds is 7. The second kappa shape index (κ2) is 10.8. The van der Waals surface area contributed by atoms with Crippen LogP contribution in [0.25, 0.3) is 11.1 Å². The standard InChI is InChI=1S/C24H24O6/c1-5-23(19-6-10-21(11-7-19)29-17(3)26)24(14-15-28-16(2)25)20-8-12-22(13-9-20)30-18(4)27/h5-14H,15H2,1-4H3/b23-5+,24-14+. The Morgan fingerprint density at radius 3 is 1.50 bits per heavy atom. The minimum absolute atomic E-state index is 0.110. The molecule has 0 radical (unpaired) electrons. The lowest BCUT2D eigenvalue weighted by Crippen LogP contribution is -2.02. The molecular formula is C24H24O6. The van der Waals surface area contributed by atoms with Crippen molar-refractivity contribution in [2.75, 3.05) is 6.61 Å². The molecule has 0 spiro atoms. The van der Waals surface area contributed by atoms with Crippen LogP contribution in [-0.2, 0) is 19.1 Å². The van der Waals surface area contributed by atoms with E-state index in [4.69, 9.17) is 14.2 Å². The lowest BCUT2D eigenvalue weighted by Gasteiger charge is -2.15. The van der Waals surface area contributed by atoms with E-state index in [9.17, 15) is 14.4 Å². The molecule has 0 unspecified atom stereocenters. The Hall–Kier alpha value is -3.67. The van der Waals surface area contributed by atoms with Gasteiger partial charge in [-0.2, -0.15) is 0 Å². The molecule has 0 aliphatic rings. The van der Waals surface area contributed by atoms with E-state index in [0.29, 0.717) is 11.5 Å². The monoisotopic (exact) mass is 408 g/mol. The molecular weight excluding hydrogens is 384 g/mol.